The maximum atomic E-state index is 11.4. The first-order chi connectivity index (χ1) is 8.78. The number of piperidine rings is 2. The van der Waals surface area contributed by atoms with Gasteiger partial charge in [-0.1, -0.05) is 13.3 Å². The Morgan fingerprint density at radius 3 is 3.06 bits per heavy atom. The third-order valence-corrected chi connectivity index (χ3v) is 5.15. The lowest BCUT2D eigenvalue weighted by Crippen LogP contribution is -2.57. The zero-order valence-corrected chi connectivity index (χ0v) is 11.3. The normalized spacial score (nSPS) is 41.5. The van der Waals surface area contributed by atoms with Gasteiger partial charge in [-0.3, -0.25) is 9.69 Å². The van der Waals surface area contributed by atoms with Gasteiger partial charge in [0.05, 0.1) is 0 Å². The van der Waals surface area contributed by atoms with E-state index in [-0.39, 0.29) is 5.91 Å². The van der Waals surface area contributed by atoms with Crippen LogP contribution in [0.5, 0.6) is 0 Å². The number of amides is 1. The van der Waals surface area contributed by atoms with Gasteiger partial charge in [-0.25, -0.2) is 0 Å². The Hall–Kier alpha value is -0.610. The van der Waals surface area contributed by atoms with E-state index in [2.05, 4.69) is 22.5 Å². The van der Waals surface area contributed by atoms with Crippen molar-refractivity contribution in [2.45, 2.75) is 44.7 Å². The Bertz CT molecular complexity index is 320. The van der Waals surface area contributed by atoms with Crippen molar-refractivity contribution in [2.24, 2.45) is 11.8 Å². The smallest absolute Gasteiger partial charge is 0.220 e. The van der Waals surface area contributed by atoms with Crippen LogP contribution in [0.25, 0.3) is 0 Å². The molecule has 18 heavy (non-hydrogen) atoms. The molecule has 4 atom stereocenters. The van der Waals surface area contributed by atoms with Crippen LogP contribution in [0.15, 0.2) is 0 Å². The highest BCUT2D eigenvalue weighted by molar-refractivity contribution is 5.77. The van der Waals surface area contributed by atoms with Crippen LogP contribution < -0.4 is 10.6 Å². The van der Waals surface area contributed by atoms with Crippen LogP contribution in [-0.4, -0.2) is 49.1 Å². The average molecular weight is 251 g/mol. The molecule has 3 aliphatic heterocycles. The second-order valence-corrected chi connectivity index (χ2v) is 6.15. The Labute approximate surface area is 109 Å². The Morgan fingerprint density at radius 1 is 1.33 bits per heavy atom. The summed E-state index contributed by atoms with van der Waals surface area (Å²) < 4.78 is 0. The molecule has 3 fully saturated rings. The van der Waals surface area contributed by atoms with Gasteiger partial charge in [0.25, 0.3) is 0 Å². The molecular weight excluding hydrogens is 226 g/mol. The van der Waals surface area contributed by atoms with Gasteiger partial charge < -0.3 is 10.6 Å². The van der Waals surface area contributed by atoms with E-state index in [1.54, 1.807) is 0 Å². The first-order valence-corrected chi connectivity index (χ1v) is 7.52. The van der Waals surface area contributed by atoms with Crippen molar-refractivity contribution in [2.75, 3.05) is 26.2 Å². The largest absolute Gasteiger partial charge is 0.353 e. The molecule has 3 aliphatic rings. The zero-order valence-electron chi connectivity index (χ0n) is 11.3. The second-order valence-electron chi connectivity index (χ2n) is 6.15. The third kappa shape index (κ3) is 2.28. The Balaban J connectivity index is 1.61. The van der Waals surface area contributed by atoms with E-state index in [9.17, 15) is 4.79 Å². The van der Waals surface area contributed by atoms with Crippen LogP contribution in [0, 0.1) is 11.8 Å². The maximum Gasteiger partial charge on any atom is 0.220 e. The molecule has 0 aromatic heterocycles. The van der Waals surface area contributed by atoms with Crippen LogP contribution in [0.1, 0.15) is 32.6 Å². The van der Waals surface area contributed by atoms with Crippen molar-refractivity contribution in [3.63, 3.8) is 0 Å². The second kappa shape index (κ2) is 5.17. The molecule has 3 saturated heterocycles. The van der Waals surface area contributed by atoms with E-state index >= 15 is 0 Å². The van der Waals surface area contributed by atoms with Crippen molar-refractivity contribution in [3.05, 3.63) is 0 Å². The molecule has 0 spiro atoms. The van der Waals surface area contributed by atoms with Gasteiger partial charge in [-0.05, 0) is 31.2 Å². The van der Waals surface area contributed by atoms with Crippen molar-refractivity contribution in [1.29, 1.82) is 0 Å². The van der Waals surface area contributed by atoms with Crippen molar-refractivity contribution < 1.29 is 4.79 Å². The summed E-state index contributed by atoms with van der Waals surface area (Å²) in [7, 11) is 0. The standard InChI is InChI=1S/C14H25N3O/c1-2-10-7-15-8-13(10)17-6-5-12-11(9-17)3-4-14(18)16-12/h10-13,15H,2-9H2,1H3,(H,16,18). The predicted molar refractivity (Wildman–Crippen MR) is 71.3 cm³/mol. The van der Waals surface area contributed by atoms with Gasteiger partial charge in [-0.2, -0.15) is 0 Å². The number of nitrogens with one attached hydrogen (secondary N) is 2. The van der Waals surface area contributed by atoms with E-state index in [1.165, 1.54) is 19.5 Å². The molecule has 0 aromatic rings. The molecule has 1 amide bonds. The third-order valence-electron chi connectivity index (χ3n) is 5.15. The zero-order chi connectivity index (χ0) is 12.5. The van der Waals surface area contributed by atoms with E-state index < -0.39 is 0 Å². The summed E-state index contributed by atoms with van der Waals surface area (Å²) in [5.74, 6) is 1.77. The average Bonchev–Trinajstić information content (AvgIpc) is 2.86. The van der Waals surface area contributed by atoms with Crippen molar-refractivity contribution in [1.82, 2.24) is 15.5 Å². The van der Waals surface area contributed by atoms with E-state index in [0.717, 1.165) is 44.3 Å². The van der Waals surface area contributed by atoms with Gasteiger partial charge in [0.1, 0.15) is 0 Å². The molecule has 3 heterocycles. The summed E-state index contributed by atoms with van der Waals surface area (Å²) in [5, 5.41) is 6.71. The molecule has 2 N–H and O–H groups in total. The first kappa shape index (κ1) is 12.4. The minimum atomic E-state index is 0.263. The molecule has 0 aromatic carbocycles. The van der Waals surface area contributed by atoms with Crippen LogP contribution in [0.2, 0.25) is 0 Å². The Morgan fingerprint density at radius 2 is 2.22 bits per heavy atom. The fourth-order valence-electron chi connectivity index (χ4n) is 4.00. The van der Waals surface area contributed by atoms with Gasteiger partial charge in [0, 0.05) is 38.1 Å². The fourth-order valence-corrected chi connectivity index (χ4v) is 4.00. The summed E-state index contributed by atoms with van der Waals surface area (Å²) in [6.45, 7) is 6.99. The number of hydrogen-bond acceptors (Lipinski definition) is 3. The molecule has 0 aliphatic carbocycles. The highest BCUT2D eigenvalue weighted by Gasteiger charge is 2.38. The van der Waals surface area contributed by atoms with Crippen molar-refractivity contribution in [3.8, 4) is 0 Å². The minimum absolute atomic E-state index is 0.263. The lowest BCUT2D eigenvalue weighted by molar-refractivity contribution is -0.125. The van der Waals surface area contributed by atoms with E-state index in [0.29, 0.717) is 12.0 Å². The van der Waals surface area contributed by atoms with Gasteiger partial charge in [0.2, 0.25) is 5.91 Å². The number of likely N-dealkylation sites (tertiary alicyclic amines) is 1. The Kier molecular flexibility index (Phi) is 3.57. The lowest BCUT2D eigenvalue weighted by Gasteiger charge is -2.44. The van der Waals surface area contributed by atoms with E-state index in [1.807, 2.05) is 0 Å². The molecule has 0 bridgehead atoms. The highest BCUT2D eigenvalue weighted by atomic mass is 16.1. The number of nitrogens with zero attached hydrogens (tertiary/aromatic N) is 1. The molecule has 4 nitrogen and oxygen atoms in total. The molecule has 102 valence electrons. The van der Waals surface area contributed by atoms with Crippen LogP contribution in [-0.2, 0) is 4.79 Å². The summed E-state index contributed by atoms with van der Waals surface area (Å²) >= 11 is 0. The quantitative estimate of drug-likeness (QED) is 0.755. The number of rotatable bonds is 2. The summed E-state index contributed by atoms with van der Waals surface area (Å²) in [5.41, 5.74) is 0. The number of hydrogen-bond donors (Lipinski definition) is 2. The monoisotopic (exact) mass is 251 g/mol. The maximum absolute atomic E-state index is 11.4. The van der Waals surface area contributed by atoms with E-state index in [4.69, 9.17) is 0 Å². The van der Waals surface area contributed by atoms with Crippen molar-refractivity contribution >= 4 is 5.91 Å². The number of carbonyl (C=O) groups is 1. The molecule has 4 heteroatoms. The molecule has 3 rings (SSSR count). The minimum Gasteiger partial charge on any atom is -0.353 e. The SMILES string of the molecule is CCC1CNCC1N1CCC2NC(=O)CCC2C1. The van der Waals surface area contributed by atoms with Crippen LogP contribution >= 0.6 is 0 Å². The first-order valence-electron chi connectivity index (χ1n) is 7.52. The summed E-state index contributed by atoms with van der Waals surface area (Å²) in [6.07, 6.45) is 4.24. The van der Waals surface area contributed by atoms with Gasteiger partial charge in [0.15, 0.2) is 0 Å². The molecule has 0 saturated carbocycles. The molecule has 0 radical (unpaired) electrons. The summed E-state index contributed by atoms with van der Waals surface area (Å²) in [6, 6.07) is 1.19. The summed E-state index contributed by atoms with van der Waals surface area (Å²) in [4.78, 5) is 14.1. The number of fused-ring (bicyclic) bond motifs is 1. The molecule has 4 unspecified atom stereocenters. The number of carbonyl (C=O) groups excluding carboxylic acids is 1. The van der Waals surface area contributed by atoms with Crippen LogP contribution in [0.3, 0.4) is 0 Å². The van der Waals surface area contributed by atoms with Crippen LogP contribution in [0.4, 0.5) is 0 Å². The topological polar surface area (TPSA) is 44.4 Å². The fraction of sp³-hybridized carbons (Fsp3) is 0.929. The lowest BCUT2D eigenvalue weighted by atomic mass is 9.83. The van der Waals surface area contributed by atoms with Gasteiger partial charge >= 0.3 is 0 Å². The molecular formula is C14H25N3O. The highest BCUT2D eigenvalue weighted by Crippen LogP contribution is 2.29. The predicted octanol–water partition coefficient (Wildman–Crippen LogP) is 0.585. The van der Waals surface area contributed by atoms with Gasteiger partial charge in [-0.15, -0.1) is 0 Å².